The van der Waals surface area contributed by atoms with Crippen molar-refractivity contribution in [3.8, 4) is 22.3 Å². The Morgan fingerprint density at radius 2 is 1.29 bits per heavy atom. The molecule has 0 amide bonds. The fourth-order valence-corrected chi connectivity index (χ4v) is 7.11. The maximum atomic E-state index is 4.94. The molecular formula is C33H22N2. The molecule has 0 radical (unpaired) electrons. The molecule has 4 aromatic carbocycles. The molecule has 0 fully saturated rings. The topological polar surface area (TPSA) is 16.1 Å². The highest BCUT2D eigenvalue weighted by molar-refractivity contribution is 5.96. The van der Waals surface area contributed by atoms with Gasteiger partial charge >= 0.3 is 0 Å². The van der Waals surface area contributed by atoms with Crippen LogP contribution < -0.4 is 4.90 Å². The Bertz CT molecular complexity index is 1760. The highest BCUT2D eigenvalue weighted by Crippen LogP contribution is 2.55. The van der Waals surface area contributed by atoms with Crippen LogP contribution in [0.1, 0.15) is 44.5 Å². The van der Waals surface area contributed by atoms with E-state index in [2.05, 4.69) is 83.8 Å². The largest absolute Gasteiger partial charge is 0.294 e. The van der Waals surface area contributed by atoms with Crippen molar-refractivity contribution in [2.24, 2.45) is 0 Å². The van der Waals surface area contributed by atoms with Gasteiger partial charge in [-0.1, -0.05) is 60.7 Å². The molecule has 0 saturated carbocycles. The fraction of sp³-hybridized carbons (Fsp3) is 0.121. The van der Waals surface area contributed by atoms with Crippen molar-refractivity contribution >= 4 is 17.2 Å². The third kappa shape index (κ3) is 2.27. The zero-order chi connectivity index (χ0) is 22.7. The number of anilines is 3. The van der Waals surface area contributed by atoms with Gasteiger partial charge in [-0.05, 0) is 97.8 Å². The summed E-state index contributed by atoms with van der Waals surface area (Å²) in [6.07, 6.45) is 5.93. The second-order valence-corrected chi connectivity index (χ2v) is 10.4. The molecule has 9 rings (SSSR count). The molecule has 0 atom stereocenters. The first-order valence-electron chi connectivity index (χ1n) is 12.6. The van der Waals surface area contributed by atoms with Gasteiger partial charge in [0.05, 0.1) is 11.4 Å². The Balaban J connectivity index is 1.34. The fourth-order valence-electron chi connectivity index (χ4n) is 7.11. The normalized spacial score (nSPS) is 14.9. The van der Waals surface area contributed by atoms with Gasteiger partial charge in [0.1, 0.15) is 5.82 Å². The number of nitrogens with zero attached hydrogens (tertiary/aromatic N) is 2. The molecule has 164 valence electrons. The van der Waals surface area contributed by atoms with Crippen molar-refractivity contribution in [3.05, 3.63) is 130 Å². The molecule has 5 aromatic rings. The maximum absolute atomic E-state index is 4.94. The van der Waals surface area contributed by atoms with Crippen LogP contribution in [-0.4, -0.2) is 4.98 Å². The van der Waals surface area contributed by atoms with Crippen molar-refractivity contribution in [2.45, 2.75) is 25.7 Å². The van der Waals surface area contributed by atoms with Crippen LogP contribution in [0, 0.1) is 0 Å². The lowest BCUT2D eigenvalue weighted by atomic mass is 9.82. The van der Waals surface area contributed by atoms with Crippen LogP contribution in [0.3, 0.4) is 0 Å². The van der Waals surface area contributed by atoms with Gasteiger partial charge < -0.3 is 0 Å². The number of pyridine rings is 1. The minimum absolute atomic E-state index is 0.950. The molecule has 0 N–H and O–H groups in total. The quantitative estimate of drug-likeness (QED) is 0.240. The maximum Gasteiger partial charge on any atom is 0.141 e. The molecule has 0 bridgehead atoms. The van der Waals surface area contributed by atoms with Crippen LogP contribution in [0.2, 0.25) is 0 Å². The van der Waals surface area contributed by atoms with Crippen molar-refractivity contribution in [1.29, 1.82) is 0 Å². The smallest absolute Gasteiger partial charge is 0.141 e. The van der Waals surface area contributed by atoms with E-state index in [0.29, 0.717) is 0 Å². The summed E-state index contributed by atoms with van der Waals surface area (Å²) in [5, 5.41) is 0. The summed E-state index contributed by atoms with van der Waals surface area (Å²) in [6.45, 7) is 0. The summed E-state index contributed by atoms with van der Waals surface area (Å²) >= 11 is 0. The van der Waals surface area contributed by atoms with Gasteiger partial charge in [-0.15, -0.1) is 0 Å². The molecule has 2 heteroatoms. The molecule has 2 aliphatic carbocycles. The van der Waals surface area contributed by atoms with Crippen molar-refractivity contribution in [3.63, 3.8) is 0 Å². The van der Waals surface area contributed by atoms with E-state index in [-0.39, 0.29) is 0 Å². The van der Waals surface area contributed by atoms with Crippen LogP contribution in [0.15, 0.2) is 85.1 Å². The molecule has 2 aliphatic heterocycles. The average molecular weight is 447 g/mol. The van der Waals surface area contributed by atoms with E-state index in [1.165, 1.54) is 78.1 Å². The standard InChI is InChI=1S/C33H22N2/c1-3-9-26-19(6-1)12-22-18-30-23(17-28(22)26)14-25-15-24-13-20-7-2-4-10-27(20)31(24)29-16-21-8-5-11-34-33(21)35(30)32(25)29/h1-11,15,17-18H,12-14,16H2. The number of fused-ring (bicyclic) bond motifs is 11. The van der Waals surface area contributed by atoms with Crippen molar-refractivity contribution in [1.82, 2.24) is 4.98 Å². The van der Waals surface area contributed by atoms with E-state index in [0.717, 1.165) is 31.5 Å². The summed E-state index contributed by atoms with van der Waals surface area (Å²) < 4.78 is 0. The zero-order valence-corrected chi connectivity index (χ0v) is 19.3. The number of hydrogen-bond acceptors (Lipinski definition) is 2. The van der Waals surface area contributed by atoms with E-state index in [9.17, 15) is 0 Å². The van der Waals surface area contributed by atoms with Crippen molar-refractivity contribution in [2.75, 3.05) is 4.90 Å². The molecule has 0 unspecified atom stereocenters. The van der Waals surface area contributed by atoms with Gasteiger partial charge in [0, 0.05) is 19.0 Å². The second-order valence-electron chi connectivity index (χ2n) is 10.4. The first-order chi connectivity index (χ1) is 17.3. The Kier molecular flexibility index (Phi) is 3.27. The summed E-state index contributed by atoms with van der Waals surface area (Å²) in [4.78, 5) is 7.43. The highest BCUT2D eigenvalue weighted by Gasteiger charge is 2.37. The van der Waals surface area contributed by atoms with Crippen LogP contribution in [0.25, 0.3) is 22.3 Å². The number of benzene rings is 4. The van der Waals surface area contributed by atoms with Crippen LogP contribution >= 0.6 is 0 Å². The molecule has 35 heavy (non-hydrogen) atoms. The molecule has 1 aromatic heterocycles. The first kappa shape index (κ1) is 18.2. The van der Waals surface area contributed by atoms with E-state index in [1.54, 1.807) is 0 Å². The molecule has 3 heterocycles. The first-order valence-corrected chi connectivity index (χ1v) is 12.6. The Morgan fingerprint density at radius 1 is 0.543 bits per heavy atom. The van der Waals surface area contributed by atoms with Crippen molar-refractivity contribution < 1.29 is 0 Å². The minimum atomic E-state index is 0.950. The Hall–Kier alpha value is -4.17. The SMILES string of the molecule is c1ccc2c(c1)Cc1cc3c(cc1-2)Cc1cc2c(c4c1N3c1ncccc1C4)-c1ccccc1C2. The lowest BCUT2D eigenvalue weighted by Gasteiger charge is -2.40. The van der Waals surface area contributed by atoms with E-state index < -0.39 is 0 Å². The van der Waals surface area contributed by atoms with Crippen LogP contribution in [0.5, 0.6) is 0 Å². The van der Waals surface area contributed by atoms with Gasteiger partial charge in [-0.3, -0.25) is 4.90 Å². The highest BCUT2D eigenvalue weighted by atomic mass is 15.2. The zero-order valence-electron chi connectivity index (χ0n) is 19.3. The van der Waals surface area contributed by atoms with Gasteiger partial charge in [0.2, 0.25) is 0 Å². The van der Waals surface area contributed by atoms with Gasteiger partial charge in [-0.2, -0.15) is 0 Å². The number of hydrogen-bond donors (Lipinski definition) is 0. The van der Waals surface area contributed by atoms with Gasteiger partial charge in [0.15, 0.2) is 0 Å². The van der Waals surface area contributed by atoms with E-state index >= 15 is 0 Å². The summed E-state index contributed by atoms with van der Waals surface area (Å²) in [6, 6.07) is 29.7. The predicted octanol–water partition coefficient (Wildman–Crippen LogP) is 7.50. The molecular weight excluding hydrogens is 424 g/mol. The average Bonchev–Trinajstić information content (AvgIpc) is 3.45. The molecule has 0 saturated heterocycles. The third-order valence-corrected chi connectivity index (χ3v) is 8.51. The predicted molar refractivity (Wildman–Crippen MR) is 141 cm³/mol. The van der Waals surface area contributed by atoms with E-state index in [4.69, 9.17) is 4.98 Å². The third-order valence-electron chi connectivity index (χ3n) is 8.51. The summed E-state index contributed by atoms with van der Waals surface area (Å²) in [5.74, 6) is 1.10. The molecule has 0 spiro atoms. The number of aromatic nitrogens is 1. The van der Waals surface area contributed by atoms with E-state index in [1.807, 2.05) is 6.20 Å². The summed E-state index contributed by atoms with van der Waals surface area (Å²) in [7, 11) is 0. The van der Waals surface area contributed by atoms with Gasteiger partial charge in [0.25, 0.3) is 0 Å². The summed E-state index contributed by atoms with van der Waals surface area (Å²) in [5.41, 5.74) is 19.9. The second kappa shape index (κ2) is 6.28. The minimum Gasteiger partial charge on any atom is -0.294 e. The molecule has 4 aliphatic rings. The Morgan fingerprint density at radius 3 is 2.20 bits per heavy atom. The number of rotatable bonds is 0. The van der Waals surface area contributed by atoms with Crippen LogP contribution in [-0.2, 0) is 25.7 Å². The lowest BCUT2D eigenvalue weighted by molar-refractivity contribution is 0.977. The Labute approximate surface area is 204 Å². The monoisotopic (exact) mass is 446 g/mol. The molecule has 2 nitrogen and oxygen atoms in total. The van der Waals surface area contributed by atoms with Crippen LogP contribution in [0.4, 0.5) is 17.2 Å². The van der Waals surface area contributed by atoms with Gasteiger partial charge in [-0.25, -0.2) is 4.98 Å². The lowest BCUT2D eigenvalue weighted by Crippen LogP contribution is -2.26.